The number of ether oxygens (including phenoxy) is 2. The zero-order valence-electron chi connectivity index (χ0n) is 15.8. The van der Waals surface area contributed by atoms with Gasteiger partial charge in [0.1, 0.15) is 0 Å². The predicted molar refractivity (Wildman–Crippen MR) is 108 cm³/mol. The summed E-state index contributed by atoms with van der Waals surface area (Å²) in [5, 5.41) is 11.8. The summed E-state index contributed by atoms with van der Waals surface area (Å²) in [5.74, 6) is 1.97. The van der Waals surface area contributed by atoms with Gasteiger partial charge >= 0.3 is 0 Å². The van der Waals surface area contributed by atoms with Gasteiger partial charge in [0.2, 0.25) is 12.7 Å². The van der Waals surface area contributed by atoms with Gasteiger partial charge in [0.25, 0.3) is 0 Å². The molecule has 3 aromatic rings. The van der Waals surface area contributed by atoms with Gasteiger partial charge in [-0.25, -0.2) is 0 Å². The predicted octanol–water partition coefficient (Wildman–Crippen LogP) is 3.64. The molecule has 0 unspecified atom stereocenters. The van der Waals surface area contributed by atoms with Crippen molar-refractivity contribution in [1.82, 2.24) is 14.8 Å². The van der Waals surface area contributed by atoms with E-state index in [9.17, 15) is 4.79 Å². The molecule has 2 heterocycles. The van der Waals surface area contributed by atoms with E-state index in [1.165, 1.54) is 11.8 Å². The first-order valence-electron chi connectivity index (χ1n) is 8.85. The Bertz CT molecular complexity index is 1030. The number of nitrogens with one attached hydrogen (secondary N) is 1. The minimum atomic E-state index is -0.348. The summed E-state index contributed by atoms with van der Waals surface area (Å²) < 4.78 is 12.5. The van der Waals surface area contributed by atoms with Gasteiger partial charge in [-0.1, -0.05) is 35.5 Å². The van der Waals surface area contributed by atoms with Crippen molar-refractivity contribution in [2.75, 3.05) is 12.1 Å². The number of thioether (sulfide) groups is 1. The standard InChI is InChI=1S/C20H20N4O3S/c1-12-5-4-6-14(9-12)18-22-23-20(24(18)3)28-13(2)19(25)21-15-7-8-16-17(10-15)27-11-26-16/h4-10,13H,11H2,1-3H3,(H,21,25)/t13-/m0/s1. The smallest absolute Gasteiger partial charge is 0.237 e. The van der Waals surface area contributed by atoms with Crippen LogP contribution < -0.4 is 14.8 Å². The fraction of sp³-hybridized carbons (Fsp3) is 0.250. The second-order valence-electron chi connectivity index (χ2n) is 6.55. The number of fused-ring (bicyclic) bond motifs is 1. The Morgan fingerprint density at radius 3 is 2.82 bits per heavy atom. The second-order valence-corrected chi connectivity index (χ2v) is 7.86. The Morgan fingerprint density at radius 2 is 2.00 bits per heavy atom. The van der Waals surface area contributed by atoms with E-state index in [0.717, 1.165) is 17.0 Å². The zero-order valence-corrected chi connectivity index (χ0v) is 16.6. The van der Waals surface area contributed by atoms with Gasteiger partial charge in [-0.15, -0.1) is 10.2 Å². The fourth-order valence-corrected chi connectivity index (χ4v) is 3.70. The number of amides is 1. The molecule has 0 spiro atoms. The van der Waals surface area contributed by atoms with E-state index in [2.05, 4.69) is 21.6 Å². The number of anilines is 1. The van der Waals surface area contributed by atoms with E-state index in [-0.39, 0.29) is 18.0 Å². The monoisotopic (exact) mass is 396 g/mol. The lowest BCUT2D eigenvalue weighted by Gasteiger charge is -2.12. The van der Waals surface area contributed by atoms with Crippen LogP contribution in [0.5, 0.6) is 11.5 Å². The number of carbonyl (C=O) groups excluding carboxylic acids is 1. The number of aryl methyl sites for hydroxylation is 1. The van der Waals surface area contributed by atoms with Gasteiger partial charge in [0.05, 0.1) is 5.25 Å². The van der Waals surface area contributed by atoms with Gasteiger partial charge in [-0.2, -0.15) is 0 Å². The molecule has 0 aliphatic carbocycles. The highest BCUT2D eigenvalue weighted by atomic mass is 32.2. The van der Waals surface area contributed by atoms with Gasteiger partial charge in [-0.05, 0) is 32.0 Å². The summed E-state index contributed by atoms with van der Waals surface area (Å²) in [4.78, 5) is 12.6. The van der Waals surface area contributed by atoms with Crippen molar-refractivity contribution in [1.29, 1.82) is 0 Å². The van der Waals surface area contributed by atoms with Crippen LogP contribution in [0.15, 0.2) is 47.6 Å². The van der Waals surface area contributed by atoms with E-state index in [4.69, 9.17) is 9.47 Å². The van der Waals surface area contributed by atoms with Gasteiger partial charge < -0.3 is 19.4 Å². The minimum Gasteiger partial charge on any atom is -0.454 e. The highest BCUT2D eigenvalue weighted by Crippen LogP contribution is 2.34. The molecule has 8 heteroatoms. The molecule has 0 bridgehead atoms. The average Bonchev–Trinajstić information content (AvgIpc) is 3.28. The molecule has 0 saturated heterocycles. The van der Waals surface area contributed by atoms with Gasteiger partial charge in [0, 0.05) is 24.4 Å². The van der Waals surface area contributed by atoms with Crippen LogP contribution in [0, 0.1) is 6.92 Å². The third-order valence-electron chi connectivity index (χ3n) is 4.40. The summed E-state index contributed by atoms with van der Waals surface area (Å²) in [6.45, 7) is 4.08. The first kappa shape index (κ1) is 18.4. The quantitative estimate of drug-likeness (QED) is 0.664. The SMILES string of the molecule is Cc1cccc(-c2nnc(S[C@@H](C)C(=O)Nc3ccc4c(c3)OCO4)n2C)c1. The number of hydrogen-bond donors (Lipinski definition) is 1. The third kappa shape index (κ3) is 3.68. The Kier molecular flexibility index (Phi) is 4.95. The molecule has 1 aliphatic heterocycles. The van der Waals surface area contributed by atoms with Gasteiger partial charge in [0.15, 0.2) is 22.5 Å². The Hall–Kier alpha value is -3.00. The van der Waals surface area contributed by atoms with Crippen molar-refractivity contribution in [2.45, 2.75) is 24.3 Å². The highest BCUT2D eigenvalue weighted by molar-refractivity contribution is 8.00. The number of hydrogen-bond acceptors (Lipinski definition) is 6. The highest BCUT2D eigenvalue weighted by Gasteiger charge is 2.21. The molecule has 1 amide bonds. The van der Waals surface area contributed by atoms with E-state index >= 15 is 0 Å². The number of aromatic nitrogens is 3. The van der Waals surface area contributed by atoms with Crippen molar-refractivity contribution in [3.05, 3.63) is 48.0 Å². The number of nitrogens with zero attached hydrogens (tertiary/aromatic N) is 3. The van der Waals surface area contributed by atoms with E-state index in [1.54, 1.807) is 18.2 Å². The molecule has 0 radical (unpaired) electrons. The molecular formula is C20H20N4O3S. The fourth-order valence-electron chi connectivity index (χ4n) is 2.88. The molecule has 1 N–H and O–H groups in total. The van der Waals surface area contributed by atoms with E-state index in [1.807, 2.05) is 43.7 Å². The lowest BCUT2D eigenvalue weighted by Crippen LogP contribution is -2.22. The summed E-state index contributed by atoms with van der Waals surface area (Å²) in [6, 6.07) is 13.4. The number of carbonyl (C=O) groups is 1. The molecule has 28 heavy (non-hydrogen) atoms. The lowest BCUT2D eigenvalue weighted by molar-refractivity contribution is -0.115. The van der Waals surface area contributed by atoms with Crippen molar-refractivity contribution in [3.8, 4) is 22.9 Å². The molecular weight excluding hydrogens is 376 g/mol. The maximum Gasteiger partial charge on any atom is 0.237 e. The Morgan fingerprint density at radius 1 is 1.18 bits per heavy atom. The van der Waals surface area contributed by atoms with Crippen LogP contribution in [0.1, 0.15) is 12.5 Å². The van der Waals surface area contributed by atoms with Crippen LogP contribution in [0.4, 0.5) is 5.69 Å². The topological polar surface area (TPSA) is 78.3 Å². The normalized spacial score (nSPS) is 13.4. The average molecular weight is 396 g/mol. The van der Waals surface area contributed by atoms with Crippen molar-refractivity contribution < 1.29 is 14.3 Å². The first-order chi connectivity index (χ1) is 13.5. The third-order valence-corrected chi connectivity index (χ3v) is 5.54. The maximum absolute atomic E-state index is 12.6. The van der Waals surface area contributed by atoms with Crippen molar-refractivity contribution in [3.63, 3.8) is 0 Å². The van der Waals surface area contributed by atoms with Crippen LogP contribution >= 0.6 is 11.8 Å². The van der Waals surface area contributed by atoms with Crippen LogP contribution in [0.25, 0.3) is 11.4 Å². The molecule has 4 rings (SSSR count). The molecule has 2 aromatic carbocycles. The summed E-state index contributed by atoms with van der Waals surface area (Å²) >= 11 is 1.36. The largest absolute Gasteiger partial charge is 0.454 e. The maximum atomic E-state index is 12.6. The van der Waals surface area contributed by atoms with E-state index < -0.39 is 0 Å². The molecule has 0 fully saturated rings. The molecule has 1 atom stereocenters. The van der Waals surface area contributed by atoms with Crippen LogP contribution in [-0.4, -0.2) is 32.7 Å². The van der Waals surface area contributed by atoms with E-state index in [0.29, 0.717) is 22.3 Å². The second kappa shape index (κ2) is 7.55. The summed E-state index contributed by atoms with van der Waals surface area (Å²) in [6.07, 6.45) is 0. The summed E-state index contributed by atoms with van der Waals surface area (Å²) in [7, 11) is 1.91. The Labute approximate surface area is 167 Å². The van der Waals surface area contributed by atoms with Crippen LogP contribution in [0.3, 0.4) is 0 Å². The van der Waals surface area contributed by atoms with Crippen LogP contribution in [0.2, 0.25) is 0 Å². The van der Waals surface area contributed by atoms with Gasteiger partial charge in [-0.3, -0.25) is 4.79 Å². The molecule has 1 aliphatic rings. The minimum absolute atomic E-state index is 0.121. The molecule has 0 saturated carbocycles. The molecule has 1 aromatic heterocycles. The first-order valence-corrected chi connectivity index (χ1v) is 9.73. The lowest BCUT2D eigenvalue weighted by atomic mass is 10.1. The van der Waals surface area contributed by atoms with Crippen LogP contribution in [-0.2, 0) is 11.8 Å². The Balaban J connectivity index is 1.45. The summed E-state index contributed by atoms with van der Waals surface area (Å²) in [5.41, 5.74) is 2.82. The number of rotatable bonds is 5. The van der Waals surface area contributed by atoms with Crippen molar-refractivity contribution in [2.24, 2.45) is 7.05 Å². The zero-order chi connectivity index (χ0) is 19.7. The molecule has 7 nitrogen and oxygen atoms in total. The number of benzene rings is 2. The van der Waals surface area contributed by atoms with Crippen molar-refractivity contribution >= 4 is 23.4 Å². The molecule has 144 valence electrons.